The number of amides is 1. The molecule has 10 heteroatoms. The number of likely N-dealkylation sites (N-methyl/N-ethyl adjacent to an activating group) is 1. The Morgan fingerprint density at radius 1 is 1.32 bits per heavy atom. The number of carbonyl (C=O) groups is 1. The lowest BCUT2D eigenvalue weighted by Gasteiger charge is -2.12. The second-order valence-electron chi connectivity index (χ2n) is 3.87. The van der Waals surface area contributed by atoms with E-state index in [4.69, 9.17) is 0 Å². The summed E-state index contributed by atoms with van der Waals surface area (Å²) in [6.45, 7) is 2.14. The predicted octanol–water partition coefficient (Wildman–Crippen LogP) is 2.21. The van der Waals surface area contributed by atoms with Crippen molar-refractivity contribution in [2.75, 3.05) is 26.2 Å². The largest absolute Gasteiger partial charge is 0.467 e. The smallest absolute Gasteiger partial charge is 0.422 e. The predicted molar refractivity (Wildman–Crippen MR) is 81.2 cm³/mol. The van der Waals surface area contributed by atoms with Crippen LogP contribution < -0.4 is 15.4 Å². The summed E-state index contributed by atoms with van der Waals surface area (Å²) in [6, 6.07) is 2.82. The molecule has 128 valence electrons. The highest BCUT2D eigenvalue weighted by Crippen LogP contribution is 2.19. The van der Waals surface area contributed by atoms with Crippen molar-refractivity contribution in [3.05, 3.63) is 23.9 Å². The topological polar surface area (TPSA) is 63.2 Å². The second-order valence-corrected chi connectivity index (χ2v) is 3.87. The lowest BCUT2D eigenvalue weighted by atomic mass is 10.2. The molecule has 0 aliphatic heterocycles. The number of rotatable bonds is 7. The van der Waals surface area contributed by atoms with Crippen molar-refractivity contribution < 1.29 is 22.7 Å². The van der Waals surface area contributed by atoms with Crippen LogP contribution in [0, 0.1) is 0 Å². The van der Waals surface area contributed by atoms with Gasteiger partial charge in [0.25, 0.3) is 5.91 Å². The quantitative estimate of drug-likeness (QED) is 0.729. The summed E-state index contributed by atoms with van der Waals surface area (Å²) in [5, 5.41) is 5.57. The third-order valence-electron chi connectivity index (χ3n) is 2.23. The number of halogens is 5. The molecule has 0 radical (unpaired) electrons. The molecule has 1 aromatic heterocycles. The molecular weight excluding hydrogens is 346 g/mol. The molecule has 5 nitrogen and oxygen atoms in total. The van der Waals surface area contributed by atoms with Gasteiger partial charge in [-0.05, 0) is 18.7 Å². The monoisotopic (exact) mass is 363 g/mol. The van der Waals surface area contributed by atoms with Crippen LogP contribution in [0.4, 0.5) is 13.2 Å². The minimum atomic E-state index is -4.48. The molecule has 0 unspecified atom stereocenters. The molecule has 0 aromatic carbocycles. The molecule has 0 saturated carbocycles. The first-order valence-corrected chi connectivity index (χ1v) is 6.07. The highest BCUT2D eigenvalue weighted by atomic mass is 35.5. The number of nitrogens with one attached hydrogen (secondary N) is 2. The van der Waals surface area contributed by atoms with E-state index in [1.54, 1.807) is 0 Å². The molecule has 1 heterocycles. The SMILES string of the molecule is CCNCCNC(=O)c1cccnc1OCC(F)(F)F.Cl.Cl. The van der Waals surface area contributed by atoms with Gasteiger partial charge >= 0.3 is 6.18 Å². The van der Waals surface area contributed by atoms with Gasteiger partial charge in [-0.1, -0.05) is 6.92 Å². The van der Waals surface area contributed by atoms with E-state index in [0.717, 1.165) is 6.54 Å². The third kappa shape index (κ3) is 8.91. The fourth-order valence-corrected chi connectivity index (χ4v) is 1.37. The number of carbonyl (C=O) groups excluding carboxylic acids is 1. The summed E-state index contributed by atoms with van der Waals surface area (Å²) in [6.07, 6.45) is -3.21. The van der Waals surface area contributed by atoms with E-state index < -0.39 is 18.7 Å². The molecule has 0 atom stereocenters. The van der Waals surface area contributed by atoms with Gasteiger partial charge in [-0.15, -0.1) is 24.8 Å². The number of alkyl halides is 3. The molecule has 2 N–H and O–H groups in total. The second kappa shape index (κ2) is 11.3. The normalized spacial score (nSPS) is 10.2. The van der Waals surface area contributed by atoms with Gasteiger partial charge in [0.1, 0.15) is 5.56 Å². The van der Waals surface area contributed by atoms with E-state index in [1.165, 1.54) is 18.3 Å². The van der Waals surface area contributed by atoms with Gasteiger partial charge in [0.2, 0.25) is 5.88 Å². The maximum atomic E-state index is 12.1. The number of hydrogen-bond donors (Lipinski definition) is 2. The zero-order valence-corrected chi connectivity index (χ0v) is 13.4. The van der Waals surface area contributed by atoms with Crippen LogP contribution in [0.1, 0.15) is 17.3 Å². The Bertz CT molecular complexity index is 448. The zero-order valence-electron chi connectivity index (χ0n) is 11.8. The van der Waals surface area contributed by atoms with E-state index in [2.05, 4.69) is 20.4 Å². The first-order valence-electron chi connectivity index (χ1n) is 6.07. The van der Waals surface area contributed by atoms with E-state index >= 15 is 0 Å². The van der Waals surface area contributed by atoms with Crippen molar-refractivity contribution in [2.45, 2.75) is 13.1 Å². The van der Waals surface area contributed by atoms with Crippen LogP contribution >= 0.6 is 24.8 Å². The summed E-state index contributed by atoms with van der Waals surface area (Å²) >= 11 is 0. The van der Waals surface area contributed by atoms with Crippen molar-refractivity contribution in [1.82, 2.24) is 15.6 Å². The summed E-state index contributed by atoms with van der Waals surface area (Å²) in [7, 11) is 0. The van der Waals surface area contributed by atoms with Gasteiger partial charge in [-0.3, -0.25) is 4.79 Å². The highest BCUT2D eigenvalue weighted by molar-refractivity contribution is 5.96. The third-order valence-corrected chi connectivity index (χ3v) is 2.23. The average Bonchev–Trinajstić information content (AvgIpc) is 2.40. The summed E-state index contributed by atoms with van der Waals surface area (Å²) < 4.78 is 40.8. The van der Waals surface area contributed by atoms with Crippen LogP contribution in [0.3, 0.4) is 0 Å². The number of hydrogen-bond acceptors (Lipinski definition) is 4. The summed E-state index contributed by atoms with van der Waals surface area (Å²) in [5.41, 5.74) is -0.0201. The van der Waals surface area contributed by atoms with Gasteiger partial charge in [0, 0.05) is 19.3 Å². The Labute approximate surface area is 138 Å². The number of aromatic nitrogens is 1. The minimum Gasteiger partial charge on any atom is -0.467 e. The molecule has 22 heavy (non-hydrogen) atoms. The van der Waals surface area contributed by atoms with E-state index in [-0.39, 0.29) is 36.3 Å². The number of pyridine rings is 1. The Balaban J connectivity index is 0. The molecule has 1 aromatic rings. The van der Waals surface area contributed by atoms with Crippen molar-refractivity contribution in [1.29, 1.82) is 0 Å². The Morgan fingerprint density at radius 3 is 2.59 bits per heavy atom. The molecule has 0 aliphatic carbocycles. The number of ether oxygens (including phenoxy) is 1. The van der Waals surface area contributed by atoms with Gasteiger partial charge in [-0.25, -0.2) is 4.98 Å². The Hall–Kier alpha value is -1.25. The lowest BCUT2D eigenvalue weighted by molar-refractivity contribution is -0.154. The van der Waals surface area contributed by atoms with Crippen LogP contribution in [0.2, 0.25) is 0 Å². The van der Waals surface area contributed by atoms with Crippen LogP contribution in [0.25, 0.3) is 0 Å². The molecule has 1 rings (SSSR count). The maximum absolute atomic E-state index is 12.1. The van der Waals surface area contributed by atoms with Gasteiger partial charge in [-0.2, -0.15) is 13.2 Å². The van der Waals surface area contributed by atoms with Crippen molar-refractivity contribution in [3.8, 4) is 5.88 Å². The molecule has 0 spiro atoms. The molecule has 0 bridgehead atoms. The fraction of sp³-hybridized carbons (Fsp3) is 0.500. The fourth-order valence-electron chi connectivity index (χ4n) is 1.37. The van der Waals surface area contributed by atoms with E-state index in [0.29, 0.717) is 13.1 Å². The Kier molecular flexibility index (Phi) is 11.9. The first kappa shape index (κ1) is 23.0. The lowest BCUT2D eigenvalue weighted by Crippen LogP contribution is -2.32. The van der Waals surface area contributed by atoms with Gasteiger partial charge < -0.3 is 15.4 Å². The van der Waals surface area contributed by atoms with Crippen molar-refractivity contribution >= 4 is 30.7 Å². The maximum Gasteiger partial charge on any atom is 0.422 e. The van der Waals surface area contributed by atoms with E-state index in [9.17, 15) is 18.0 Å². The standard InChI is InChI=1S/C12H16F3N3O2.2ClH/c1-2-16-6-7-17-10(19)9-4-3-5-18-11(9)20-8-12(13,14)15;;/h3-5,16H,2,6-8H2,1H3,(H,17,19);2*1H. The van der Waals surface area contributed by atoms with Crippen LogP contribution in [-0.2, 0) is 0 Å². The van der Waals surface area contributed by atoms with Crippen molar-refractivity contribution in [2.24, 2.45) is 0 Å². The zero-order chi connectivity index (χ0) is 15.0. The average molecular weight is 364 g/mol. The van der Waals surface area contributed by atoms with Gasteiger partial charge in [0.05, 0.1) is 0 Å². The van der Waals surface area contributed by atoms with Crippen molar-refractivity contribution in [3.63, 3.8) is 0 Å². The first-order chi connectivity index (χ1) is 9.44. The molecular formula is C12H18Cl2F3N3O2. The summed E-state index contributed by atoms with van der Waals surface area (Å²) in [5.74, 6) is -0.848. The molecule has 1 amide bonds. The van der Waals surface area contributed by atoms with Crippen LogP contribution in [0.15, 0.2) is 18.3 Å². The van der Waals surface area contributed by atoms with E-state index in [1.807, 2.05) is 6.92 Å². The minimum absolute atomic E-state index is 0. The van der Waals surface area contributed by atoms with Crippen LogP contribution in [0.5, 0.6) is 5.88 Å². The molecule has 0 aliphatic rings. The number of nitrogens with zero attached hydrogens (tertiary/aromatic N) is 1. The molecule has 0 saturated heterocycles. The molecule has 0 fully saturated rings. The van der Waals surface area contributed by atoms with Gasteiger partial charge in [0.15, 0.2) is 6.61 Å². The summed E-state index contributed by atoms with van der Waals surface area (Å²) in [4.78, 5) is 15.5. The Morgan fingerprint density at radius 2 is 2.00 bits per heavy atom. The van der Waals surface area contributed by atoms with Crippen LogP contribution in [-0.4, -0.2) is 43.3 Å². The highest BCUT2D eigenvalue weighted by Gasteiger charge is 2.29.